The monoisotopic (exact) mass is 393 g/mol. The van der Waals surface area contributed by atoms with Crippen LogP contribution in [0.15, 0.2) is 24.3 Å². The topological polar surface area (TPSA) is 38.2 Å². The quantitative estimate of drug-likeness (QED) is 0.679. The van der Waals surface area contributed by atoms with Crippen molar-refractivity contribution in [1.82, 2.24) is 8.66 Å². The maximum atomic E-state index is 2.48. The zero-order chi connectivity index (χ0) is 11.6. The van der Waals surface area contributed by atoms with Gasteiger partial charge < -0.3 is 5.48 Å². The summed E-state index contributed by atoms with van der Waals surface area (Å²) in [5.41, 5.74) is 0. The number of hydrogen-bond acceptors (Lipinski definition) is 3. The summed E-state index contributed by atoms with van der Waals surface area (Å²) in [5.74, 6) is 0. The maximum absolute atomic E-state index is 2.77. The predicted molar refractivity (Wildman–Crippen MR) is 63.8 cm³/mol. The second kappa shape index (κ2) is 6.21. The van der Waals surface area contributed by atoms with E-state index in [1.54, 1.807) is 0 Å². The molecule has 0 aromatic heterocycles. The Morgan fingerprint density at radius 3 is 1.31 bits per heavy atom. The van der Waals surface area contributed by atoms with Crippen molar-refractivity contribution in [2.75, 3.05) is 42.3 Å². The van der Waals surface area contributed by atoms with Gasteiger partial charge in [-0.25, -0.2) is 0 Å². The summed E-state index contributed by atoms with van der Waals surface area (Å²) < 4.78 is 8.07. The molecule has 0 aromatic rings. The van der Waals surface area contributed by atoms with Crippen LogP contribution < -0.4 is 0 Å². The minimum atomic E-state index is -2.77. The van der Waals surface area contributed by atoms with E-state index < -0.39 is 20.8 Å². The smallest absolute Gasteiger partial charge is 2.00 e. The fraction of sp³-hybridized carbons (Fsp3) is 0.636. The largest absolute Gasteiger partial charge is 2.00 e. The van der Waals surface area contributed by atoms with Crippen LogP contribution in [0.25, 0.3) is 0 Å². The molecule has 0 bridgehead atoms. The Bertz CT molecular complexity index is 241. The number of allylic oxidation sites excluding steroid dienone is 4. The van der Waals surface area contributed by atoms with Crippen LogP contribution in [0.2, 0.25) is 3.67 Å². The molecule has 5 heteroatoms. The molecule has 0 atom stereocenters. The minimum absolute atomic E-state index is 0. The third-order valence-corrected chi connectivity index (χ3v) is 22.0. The van der Waals surface area contributed by atoms with Crippen LogP contribution in [0.3, 0.4) is 0 Å². The van der Waals surface area contributed by atoms with Crippen molar-refractivity contribution in [1.29, 1.82) is 0 Å². The molecule has 0 unspecified atom stereocenters. The van der Waals surface area contributed by atoms with Gasteiger partial charge in [0.1, 0.15) is 0 Å². The number of nitrogens with zero attached hydrogens (tertiary/aromatic N) is 3. The van der Waals surface area contributed by atoms with Gasteiger partial charge >= 0.3 is 99.8 Å². The van der Waals surface area contributed by atoms with Crippen LogP contribution in [0.5, 0.6) is 0 Å². The molecule has 16 heavy (non-hydrogen) atoms. The van der Waals surface area contributed by atoms with Gasteiger partial charge in [0.25, 0.3) is 0 Å². The van der Waals surface area contributed by atoms with E-state index in [2.05, 4.69) is 75.3 Å². The number of hydrogen-bond donors (Lipinski definition) is 0. The van der Waals surface area contributed by atoms with Crippen molar-refractivity contribution < 1.29 is 26.3 Å². The Kier molecular flexibility index (Phi) is 6.29. The third-order valence-electron chi connectivity index (χ3n) is 3.17. The van der Waals surface area contributed by atoms with E-state index in [-0.39, 0.29) is 5.48 Å². The first-order valence-corrected chi connectivity index (χ1v) is 12.2. The van der Waals surface area contributed by atoms with Crippen LogP contribution in [-0.2, 0) is 26.3 Å². The van der Waals surface area contributed by atoms with Gasteiger partial charge in [0.15, 0.2) is 0 Å². The first-order valence-electron chi connectivity index (χ1n) is 5.31. The van der Waals surface area contributed by atoms with Crippen LogP contribution >= 0.6 is 0 Å². The summed E-state index contributed by atoms with van der Waals surface area (Å²) in [6.45, 7) is 0. The van der Waals surface area contributed by atoms with E-state index in [0.29, 0.717) is 3.67 Å². The summed E-state index contributed by atoms with van der Waals surface area (Å²) >= 11 is -2.77. The van der Waals surface area contributed by atoms with Crippen molar-refractivity contribution in [3.8, 4) is 0 Å². The molecular weight excluding hydrogens is 369 g/mol. The zero-order valence-electron chi connectivity index (χ0n) is 11.1. The van der Waals surface area contributed by atoms with Gasteiger partial charge in [0.2, 0.25) is 0 Å². The van der Waals surface area contributed by atoms with Gasteiger partial charge in [-0.1, -0.05) is 0 Å². The third kappa shape index (κ3) is 2.54. The molecule has 0 saturated carbocycles. The van der Waals surface area contributed by atoms with Crippen LogP contribution in [0.4, 0.5) is 0 Å². The minimum Gasteiger partial charge on any atom is -2.00 e. The van der Waals surface area contributed by atoms with E-state index in [4.69, 9.17) is 0 Å². The van der Waals surface area contributed by atoms with Gasteiger partial charge in [-0.05, 0) is 0 Å². The van der Waals surface area contributed by atoms with Gasteiger partial charge in [-0.2, -0.15) is 0 Å². The first kappa shape index (κ1) is 16.2. The first-order chi connectivity index (χ1) is 6.94. The fourth-order valence-corrected chi connectivity index (χ4v) is 20.5. The Balaban J connectivity index is 0.00000225. The van der Waals surface area contributed by atoms with Crippen molar-refractivity contribution in [3.05, 3.63) is 24.3 Å². The van der Waals surface area contributed by atoms with E-state index in [9.17, 15) is 0 Å². The van der Waals surface area contributed by atoms with Crippen LogP contribution in [0.1, 0.15) is 0 Å². The summed E-state index contributed by atoms with van der Waals surface area (Å²) in [4.78, 5) is 0. The second-order valence-electron chi connectivity index (χ2n) is 4.67. The van der Waals surface area contributed by atoms with E-state index >= 15 is 0 Å². The number of rotatable bonds is 4. The molecule has 0 heterocycles. The average Bonchev–Trinajstić information content (AvgIpc) is 2.55. The molecular formula is C11H23HfN3O-2. The molecule has 0 N–H and O–H groups in total. The van der Waals surface area contributed by atoms with Gasteiger partial charge in [-0.3, -0.25) is 0 Å². The SMILES string of the molecule is C[N](C)[Hf]([CH]1C=CC=C1)([N](C)C)[N](C)C.[O-2]. The average molecular weight is 392 g/mol. The Labute approximate surface area is 105 Å². The molecule has 1 aliphatic carbocycles. The summed E-state index contributed by atoms with van der Waals surface area (Å²) in [7, 11) is 13.3. The fourth-order valence-electron chi connectivity index (χ4n) is 2.78. The zero-order valence-corrected chi connectivity index (χ0v) is 14.7. The molecule has 94 valence electrons. The second-order valence-corrected chi connectivity index (χ2v) is 21.6. The van der Waals surface area contributed by atoms with E-state index in [1.807, 2.05) is 0 Å². The van der Waals surface area contributed by atoms with Gasteiger partial charge in [0.05, 0.1) is 0 Å². The van der Waals surface area contributed by atoms with Crippen molar-refractivity contribution in [3.63, 3.8) is 0 Å². The molecule has 1 aliphatic rings. The van der Waals surface area contributed by atoms with Gasteiger partial charge in [-0.15, -0.1) is 0 Å². The normalized spacial score (nSPS) is 16.6. The molecule has 0 amide bonds. The summed E-state index contributed by atoms with van der Waals surface area (Å²) in [6.07, 6.45) is 9.05. The summed E-state index contributed by atoms with van der Waals surface area (Å²) in [6, 6.07) is 0. The van der Waals surface area contributed by atoms with Crippen molar-refractivity contribution >= 4 is 0 Å². The maximum Gasteiger partial charge on any atom is -2.00 e. The van der Waals surface area contributed by atoms with Crippen molar-refractivity contribution in [2.45, 2.75) is 3.67 Å². The summed E-state index contributed by atoms with van der Waals surface area (Å²) in [5, 5.41) is 0. The van der Waals surface area contributed by atoms with Gasteiger partial charge in [0, 0.05) is 0 Å². The Morgan fingerprint density at radius 1 is 0.750 bits per heavy atom. The Morgan fingerprint density at radius 2 is 1.06 bits per heavy atom. The molecule has 0 fully saturated rings. The molecule has 4 nitrogen and oxygen atoms in total. The molecule has 0 spiro atoms. The Hall–Kier alpha value is 0.190. The molecule has 0 saturated heterocycles. The molecule has 0 aromatic carbocycles. The van der Waals surface area contributed by atoms with Crippen LogP contribution in [-0.4, -0.2) is 50.9 Å². The van der Waals surface area contributed by atoms with E-state index in [0.717, 1.165) is 0 Å². The predicted octanol–water partition coefficient (Wildman–Crippen LogP) is 1.37. The standard InChI is InChI=1S/C5H5.3C2H6N.Hf.O/c1-2-4-5-3-1;3*1-3-2;;/h1-5H;3*1-2H3;;/q;3*-1;+3;-2. The van der Waals surface area contributed by atoms with Crippen LogP contribution in [0, 0.1) is 0 Å². The van der Waals surface area contributed by atoms with E-state index in [1.165, 1.54) is 0 Å². The van der Waals surface area contributed by atoms with Crippen molar-refractivity contribution in [2.24, 2.45) is 0 Å². The molecule has 0 radical (unpaired) electrons. The molecule has 1 rings (SSSR count). The molecule has 0 aliphatic heterocycles.